The zero-order valence-electron chi connectivity index (χ0n) is 20.5. The number of carbonyl (C=O) groups is 3. The van der Waals surface area contributed by atoms with Gasteiger partial charge in [-0.05, 0) is 36.2 Å². The van der Waals surface area contributed by atoms with Crippen LogP contribution in [0.4, 0.5) is 10.6 Å². The Morgan fingerprint density at radius 3 is 2.76 bits per heavy atom. The minimum absolute atomic E-state index is 0.225. The van der Waals surface area contributed by atoms with Crippen LogP contribution in [0.5, 0.6) is 0 Å². The molecule has 0 unspecified atom stereocenters. The molecule has 0 radical (unpaired) electrons. The molecule has 1 fully saturated rings. The number of nitrogens with zero attached hydrogens (tertiary/aromatic N) is 2. The molecule has 3 heterocycles. The number of hydrogen-bond donors (Lipinski definition) is 1. The normalized spacial score (nSPS) is 18.2. The Balaban J connectivity index is 1.30. The fraction of sp³-hybridized carbons (Fsp3) is 0.286. The lowest BCUT2D eigenvalue weighted by molar-refractivity contribution is -0.00306. The Morgan fingerprint density at radius 2 is 1.97 bits per heavy atom. The number of hydrogen-bond acceptors (Lipinski definition) is 6. The van der Waals surface area contributed by atoms with Crippen LogP contribution in [-0.2, 0) is 15.1 Å². The van der Waals surface area contributed by atoms with Gasteiger partial charge in [0, 0.05) is 24.1 Å². The van der Waals surface area contributed by atoms with Gasteiger partial charge in [0.05, 0.1) is 35.0 Å². The van der Waals surface area contributed by atoms with Crippen LogP contribution in [0, 0.1) is 5.92 Å². The Kier molecular flexibility index (Phi) is 6.60. The fourth-order valence-electron chi connectivity index (χ4n) is 4.67. The molecule has 1 saturated heterocycles. The summed E-state index contributed by atoms with van der Waals surface area (Å²) in [5.41, 5.74) is 2.19. The molecular formula is C28H26ClN3O5. The van der Waals surface area contributed by atoms with E-state index < -0.39 is 11.7 Å². The topological polar surface area (TPSA) is 97.8 Å². The van der Waals surface area contributed by atoms with E-state index in [2.05, 4.69) is 10.3 Å². The fourth-order valence-corrected chi connectivity index (χ4v) is 4.93. The smallest absolute Gasteiger partial charge is 0.412 e. The van der Waals surface area contributed by atoms with E-state index in [1.165, 1.54) is 0 Å². The summed E-state index contributed by atoms with van der Waals surface area (Å²) in [7, 11) is 0. The van der Waals surface area contributed by atoms with Crippen LogP contribution in [-0.4, -0.2) is 47.6 Å². The third-order valence-electron chi connectivity index (χ3n) is 6.47. The van der Waals surface area contributed by atoms with Gasteiger partial charge in [0.1, 0.15) is 5.82 Å². The van der Waals surface area contributed by atoms with Crippen LogP contribution >= 0.6 is 11.6 Å². The van der Waals surface area contributed by atoms with Gasteiger partial charge >= 0.3 is 12.1 Å². The lowest BCUT2D eigenvalue weighted by Crippen LogP contribution is -2.34. The maximum Gasteiger partial charge on any atom is 0.412 e. The Bertz CT molecular complexity index is 1390. The van der Waals surface area contributed by atoms with E-state index in [1.54, 1.807) is 53.4 Å². The zero-order chi connectivity index (χ0) is 26.2. The van der Waals surface area contributed by atoms with Crippen molar-refractivity contribution in [2.75, 3.05) is 25.0 Å². The molecule has 37 heavy (non-hydrogen) atoms. The van der Waals surface area contributed by atoms with Crippen LogP contribution in [0.2, 0.25) is 5.02 Å². The van der Waals surface area contributed by atoms with Crippen molar-refractivity contribution >= 4 is 35.4 Å². The van der Waals surface area contributed by atoms with Gasteiger partial charge in [-0.3, -0.25) is 10.1 Å². The Labute approximate surface area is 219 Å². The molecule has 0 saturated carbocycles. The van der Waals surface area contributed by atoms with Crippen LogP contribution < -0.4 is 5.32 Å². The summed E-state index contributed by atoms with van der Waals surface area (Å²) in [5, 5.41) is 2.90. The highest BCUT2D eigenvalue weighted by molar-refractivity contribution is 6.34. The second-order valence-corrected chi connectivity index (χ2v) is 10.0. The van der Waals surface area contributed by atoms with Gasteiger partial charge in [-0.15, -0.1) is 0 Å². The van der Waals surface area contributed by atoms with Gasteiger partial charge in [-0.2, -0.15) is 0 Å². The molecule has 9 heteroatoms. The third-order valence-corrected chi connectivity index (χ3v) is 6.78. The number of halogens is 1. The number of aromatic nitrogens is 1. The summed E-state index contributed by atoms with van der Waals surface area (Å²) in [6.45, 7) is 4.93. The monoisotopic (exact) mass is 519 g/mol. The van der Waals surface area contributed by atoms with Crippen molar-refractivity contribution in [2.45, 2.75) is 25.9 Å². The van der Waals surface area contributed by atoms with E-state index in [-0.39, 0.29) is 29.4 Å². The van der Waals surface area contributed by atoms with Crippen molar-refractivity contribution in [1.29, 1.82) is 0 Å². The van der Waals surface area contributed by atoms with E-state index >= 15 is 0 Å². The molecule has 2 aromatic carbocycles. The standard InChI is InChI=1S/C28H26ClN3O5/c1-17(2)15-36-27(35)31-24-9-5-8-23(30-24)18-10-11-20(22(29)14-18)25(33)32-13-12-28(16-32)21-7-4-3-6-19(21)26(34)37-28/h3-11,14,17H,12-13,15-16H2,1-2H3,(H,30,31,35)/t28-/m0/s1. The number of amides is 2. The number of carbonyl (C=O) groups excluding carboxylic acids is 3. The van der Waals surface area contributed by atoms with Gasteiger partial charge in [0.25, 0.3) is 5.91 Å². The summed E-state index contributed by atoms with van der Waals surface area (Å²) < 4.78 is 10.9. The molecule has 2 amide bonds. The Hall–Kier alpha value is -3.91. The Morgan fingerprint density at radius 1 is 1.16 bits per heavy atom. The van der Waals surface area contributed by atoms with E-state index in [9.17, 15) is 14.4 Å². The van der Waals surface area contributed by atoms with Crippen molar-refractivity contribution in [2.24, 2.45) is 5.92 Å². The minimum atomic E-state index is -0.816. The van der Waals surface area contributed by atoms with Gasteiger partial charge in [0.15, 0.2) is 5.60 Å². The van der Waals surface area contributed by atoms with E-state index in [1.807, 2.05) is 26.0 Å². The molecule has 1 spiro atoms. The molecular weight excluding hydrogens is 494 g/mol. The van der Waals surface area contributed by atoms with Crippen molar-refractivity contribution in [3.8, 4) is 11.3 Å². The summed E-state index contributed by atoms with van der Waals surface area (Å²) in [5.74, 6) is -0.0189. The predicted molar refractivity (Wildman–Crippen MR) is 139 cm³/mol. The molecule has 0 aliphatic carbocycles. The number of esters is 1. The summed E-state index contributed by atoms with van der Waals surface area (Å²) in [4.78, 5) is 43.8. The number of likely N-dealkylation sites (tertiary alicyclic amines) is 1. The lowest BCUT2D eigenvalue weighted by Gasteiger charge is -2.24. The largest absolute Gasteiger partial charge is 0.449 e. The van der Waals surface area contributed by atoms with Gasteiger partial charge in [0.2, 0.25) is 0 Å². The number of pyridine rings is 1. The molecule has 0 bridgehead atoms. The quantitative estimate of drug-likeness (QED) is 0.446. The molecule has 1 N–H and O–H groups in total. The molecule has 2 aliphatic rings. The zero-order valence-corrected chi connectivity index (χ0v) is 21.2. The maximum atomic E-state index is 13.4. The highest BCUT2D eigenvalue weighted by atomic mass is 35.5. The van der Waals surface area contributed by atoms with E-state index in [0.717, 1.165) is 5.56 Å². The SMILES string of the molecule is CC(C)COC(=O)Nc1cccc(-c2ccc(C(=O)N3CC[C@@]4(C3)OC(=O)c3ccccc34)c(Cl)c2)n1. The second kappa shape index (κ2) is 9.86. The molecule has 1 aromatic heterocycles. The number of anilines is 1. The highest BCUT2D eigenvalue weighted by Gasteiger charge is 2.51. The predicted octanol–water partition coefficient (Wildman–Crippen LogP) is 5.52. The summed E-state index contributed by atoms with van der Waals surface area (Å²) in [6, 6.07) is 17.6. The molecule has 1 atom stereocenters. The third kappa shape index (κ3) is 4.89. The van der Waals surface area contributed by atoms with E-state index in [0.29, 0.717) is 47.8 Å². The van der Waals surface area contributed by atoms with Gasteiger partial charge in [-0.1, -0.05) is 55.8 Å². The van der Waals surface area contributed by atoms with Crippen molar-refractivity contribution in [3.63, 3.8) is 0 Å². The summed E-state index contributed by atoms with van der Waals surface area (Å²) >= 11 is 6.55. The van der Waals surface area contributed by atoms with Crippen LogP contribution in [0.25, 0.3) is 11.3 Å². The van der Waals surface area contributed by atoms with E-state index in [4.69, 9.17) is 21.1 Å². The van der Waals surface area contributed by atoms with Crippen molar-refractivity contribution in [3.05, 3.63) is 82.4 Å². The number of benzene rings is 2. The highest BCUT2D eigenvalue weighted by Crippen LogP contribution is 2.43. The van der Waals surface area contributed by atoms with Crippen molar-refractivity contribution in [1.82, 2.24) is 9.88 Å². The number of ether oxygens (including phenoxy) is 2. The number of fused-ring (bicyclic) bond motifs is 2. The first-order valence-corrected chi connectivity index (χ1v) is 12.5. The molecule has 2 aliphatic heterocycles. The first-order chi connectivity index (χ1) is 17.8. The van der Waals surface area contributed by atoms with Crippen molar-refractivity contribution < 1.29 is 23.9 Å². The first kappa shape index (κ1) is 24.8. The lowest BCUT2D eigenvalue weighted by atomic mass is 9.91. The molecule has 5 rings (SSSR count). The van der Waals surface area contributed by atoms with Gasteiger partial charge < -0.3 is 14.4 Å². The molecule has 190 valence electrons. The maximum absolute atomic E-state index is 13.4. The summed E-state index contributed by atoms with van der Waals surface area (Å²) in [6.07, 6.45) is -0.0446. The number of nitrogens with one attached hydrogen (secondary N) is 1. The molecule has 8 nitrogen and oxygen atoms in total. The average molecular weight is 520 g/mol. The average Bonchev–Trinajstić information content (AvgIpc) is 3.43. The first-order valence-electron chi connectivity index (χ1n) is 12.1. The van der Waals surface area contributed by atoms with Crippen LogP contribution in [0.1, 0.15) is 46.5 Å². The van der Waals surface area contributed by atoms with Crippen LogP contribution in [0.3, 0.4) is 0 Å². The second-order valence-electron chi connectivity index (χ2n) is 9.63. The minimum Gasteiger partial charge on any atom is -0.449 e. The van der Waals surface area contributed by atoms with Gasteiger partial charge in [-0.25, -0.2) is 14.6 Å². The number of rotatable bonds is 5. The molecule has 3 aromatic rings. The van der Waals surface area contributed by atoms with Crippen LogP contribution in [0.15, 0.2) is 60.7 Å².